The number of rotatable bonds is 7. The van der Waals surface area contributed by atoms with E-state index in [4.69, 9.17) is 23.2 Å². The molecule has 9 nitrogen and oxygen atoms in total. The number of nitrogens with zero attached hydrogens (tertiary/aromatic N) is 5. The molecule has 186 valence electrons. The van der Waals surface area contributed by atoms with Crippen LogP contribution in [0.1, 0.15) is 11.3 Å². The van der Waals surface area contributed by atoms with E-state index in [1.54, 1.807) is 24.5 Å². The van der Waals surface area contributed by atoms with Crippen LogP contribution >= 0.6 is 23.2 Å². The second kappa shape index (κ2) is 10.7. The van der Waals surface area contributed by atoms with Crippen molar-refractivity contribution in [1.29, 1.82) is 0 Å². The van der Waals surface area contributed by atoms with Gasteiger partial charge in [0.15, 0.2) is 0 Å². The molecule has 5 rings (SSSR count). The second-order valence-electron chi connectivity index (χ2n) is 8.74. The number of aromatic amines is 1. The van der Waals surface area contributed by atoms with Crippen molar-refractivity contribution in [1.82, 2.24) is 29.7 Å². The first-order valence-corrected chi connectivity index (χ1v) is 12.4. The van der Waals surface area contributed by atoms with Crippen molar-refractivity contribution in [3.8, 4) is 0 Å². The fourth-order valence-corrected chi connectivity index (χ4v) is 4.61. The first kappa shape index (κ1) is 24.3. The van der Waals surface area contributed by atoms with Gasteiger partial charge in [0.05, 0.1) is 33.6 Å². The number of halogens is 2. The van der Waals surface area contributed by atoms with Crippen molar-refractivity contribution < 1.29 is 4.79 Å². The highest BCUT2D eigenvalue weighted by atomic mass is 35.5. The summed E-state index contributed by atoms with van der Waals surface area (Å²) < 4.78 is 1.33. The molecule has 2 aromatic carbocycles. The number of anilines is 1. The standard InChI is InChI=1S/C25H25Cl2N7O2/c26-21-3-1-17(9-22(21)27)11-29-24(35)14-34-16-31-23-4-2-19(10-20(23)25(34)36)33-7-5-32(6-8-33)13-18-12-28-15-30-18/h1-4,9-10,12,15-16H,5-8,11,13-14H2,(H,28,30)(H,29,35). The van der Waals surface area contributed by atoms with Crippen LogP contribution < -0.4 is 15.8 Å². The van der Waals surface area contributed by atoms with E-state index < -0.39 is 0 Å². The number of imidazole rings is 1. The smallest absolute Gasteiger partial charge is 0.261 e. The summed E-state index contributed by atoms with van der Waals surface area (Å²) in [5, 5.41) is 4.18. The molecule has 0 bridgehead atoms. The van der Waals surface area contributed by atoms with Crippen LogP contribution in [-0.2, 0) is 24.4 Å². The van der Waals surface area contributed by atoms with Gasteiger partial charge in [-0.15, -0.1) is 0 Å². The maximum atomic E-state index is 13.2. The maximum absolute atomic E-state index is 13.2. The Balaban J connectivity index is 1.24. The molecule has 1 amide bonds. The van der Waals surface area contributed by atoms with E-state index in [0.29, 0.717) is 20.9 Å². The SMILES string of the molecule is O=C(Cn1cnc2ccc(N3CCN(Cc4cnc[nH]4)CC3)cc2c1=O)NCc1ccc(Cl)c(Cl)c1. The van der Waals surface area contributed by atoms with E-state index in [1.807, 2.05) is 24.4 Å². The summed E-state index contributed by atoms with van der Waals surface area (Å²) in [6, 6.07) is 10.9. The van der Waals surface area contributed by atoms with Gasteiger partial charge in [-0.1, -0.05) is 29.3 Å². The van der Waals surface area contributed by atoms with Crippen molar-refractivity contribution in [2.75, 3.05) is 31.1 Å². The molecular weight excluding hydrogens is 501 g/mol. The summed E-state index contributed by atoms with van der Waals surface area (Å²) in [4.78, 5) is 41.9. The van der Waals surface area contributed by atoms with E-state index in [-0.39, 0.29) is 24.6 Å². The van der Waals surface area contributed by atoms with Gasteiger partial charge < -0.3 is 15.2 Å². The Morgan fingerprint density at radius 1 is 1.06 bits per heavy atom. The summed E-state index contributed by atoms with van der Waals surface area (Å²) in [7, 11) is 0. The van der Waals surface area contributed by atoms with E-state index >= 15 is 0 Å². The van der Waals surface area contributed by atoms with Crippen molar-refractivity contribution in [2.45, 2.75) is 19.6 Å². The van der Waals surface area contributed by atoms with Crippen LogP contribution in [0.15, 0.2) is 60.0 Å². The molecule has 0 spiro atoms. The summed E-state index contributed by atoms with van der Waals surface area (Å²) in [5.41, 5.74) is 3.25. The average Bonchev–Trinajstić information content (AvgIpc) is 3.40. The highest BCUT2D eigenvalue weighted by Gasteiger charge is 2.19. The number of piperazine rings is 1. The molecular formula is C25H25Cl2N7O2. The molecule has 1 saturated heterocycles. The van der Waals surface area contributed by atoms with Crippen LogP contribution in [0, 0.1) is 0 Å². The third kappa shape index (κ3) is 5.53. The summed E-state index contributed by atoms with van der Waals surface area (Å²) in [6.45, 7) is 4.52. The Morgan fingerprint density at radius 2 is 1.89 bits per heavy atom. The molecule has 4 aromatic rings. The van der Waals surface area contributed by atoms with E-state index in [1.165, 1.54) is 10.9 Å². The van der Waals surface area contributed by atoms with Crippen LogP contribution in [0.3, 0.4) is 0 Å². The van der Waals surface area contributed by atoms with Gasteiger partial charge in [-0.05, 0) is 35.9 Å². The largest absolute Gasteiger partial charge is 0.369 e. The highest BCUT2D eigenvalue weighted by Crippen LogP contribution is 2.23. The lowest BCUT2D eigenvalue weighted by Gasteiger charge is -2.36. The zero-order chi connectivity index (χ0) is 25.1. The van der Waals surface area contributed by atoms with Crippen molar-refractivity contribution in [3.63, 3.8) is 0 Å². The molecule has 1 aliphatic rings. The Hall–Kier alpha value is -3.40. The zero-order valence-electron chi connectivity index (χ0n) is 19.5. The Kier molecular flexibility index (Phi) is 7.22. The van der Waals surface area contributed by atoms with Gasteiger partial charge in [-0.3, -0.25) is 19.1 Å². The predicted octanol–water partition coefficient (Wildman–Crippen LogP) is 3.07. The van der Waals surface area contributed by atoms with Gasteiger partial charge in [0.2, 0.25) is 5.91 Å². The number of aromatic nitrogens is 4. The second-order valence-corrected chi connectivity index (χ2v) is 9.56. The van der Waals surface area contributed by atoms with Crippen molar-refractivity contribution >= 4 is 45.7 Å². The first-order valence-electron chi connectivity index (χ1n) is 11.6. The predicted molar refractivity (Wildman–Crippen MR) is 140 cm³/mol. The molecule has 0 atom stereocenters. The number of nitrogens with one attached hydrogen (secondary N) is 2. The minimum Gasteiger partial charge on any atom is -0.369 e. The topological polar surface area (TPSA) is 99.2 Å². The number of benzene rings is 2. The molecule has 0 radical (unpaired) electrons. The van der Waals surface area contributed by atoms with Crippen LogP contribution in [0.25, 0.3) is 10.9 Å². The number of carbonyl (C=O) groups excluding carboxylic acids is 1. The molecule has 2 N–H and O–H groups in total. The Bertz CT molecular complexity index is 1430. The molecule has 1 fully saturated rings. The zero-order valence-corrected chi connectivity index (χ0v) is 21.0. The molecule has 36 heavy (non-hydrogen) atoms. The van der Waals surface area contributed by atoms with Crippen molar-refractivity contribution in [2.24, 2.45) is 0 Å². The lowest BCUT2D eigenvalue weighted by molar-refractivity contribution is -0.121. The van der Waals surface area contributed by atoms with Gasteiger partial charge in [0.25, 0.3) is 5.56 Å². The molecule has 2 aromatic heterocycles. The molecule has 0 unspecified atom stereocenters. The summed E-state index contributed by atoms with van der Waals surface area (Å²) in [5.74, 6) is -0.297. The molecule has 11 heteroatoms. The van der Waals surface area contributed by atoms with Gasteiger partial charge >= 0.3 is 0 Å². The average molecular weight is 526 g/mol. The van der Waals surface area contributed by atoms with E-state index in [0.717, 1.165) is 49.7 Å². The highest BCUT2D eigenvalue weighted by molar-refractivity contribution is 6.42. The fourth-order valence-electron chi connectivity index (χ4n) is 4.29. The van der Waals surface area contributed by atoms with Crippen LogP contribution in [-0.4, -0.2) is 56.5 Å². The third-order valence-electron chi connectivity index (χ3n) is 6.28. The lowest BCUT2D eigenvalue weighted by atomic mass is 10.2. The quantitative estimate of drug-likeness (QED) is 0.384. The van der Waals surface area contributed by atoms with E-state index in [2.05, 4.69) is 30.1 Å². The van der Waals surface area contributed by atoms with Crippen molar-refractivity contribution in [3.05, 3.63) is 86.9 Å². The molecule has 0 aliphatic carbocycles. The Labute approximate surface area is 217 Å². The van der Waals surface area contributed by atoms with Gasteiger partial charge in [-0.2, -0.15) is 0 Å². The van der Waals surface area contributed by atoms with Gasteiger partial charge in [0.1, 0.15) is 6.54 Å². The first-order chi connectivity index (χ1) is 17.5. The minimum atomic E-state index is -0.297. The number of carbonyl (C=O) groups is 1. The number of hydrogen-bond donors (Lipinski definition) is 2. The van der Waals surface area contributed by atoms with Crippen LogP contribution in [0.2, 0.25) is 10.0 Å². The monoisotopic (exact) mass is 525 g/mol. The maximum Gasteiger partial charge on any atom is 0.261 e. The summed E-state index contributed by atoms with van der Waals surface area (Å²) in [6.07, 6.45) is 4.96. The van der Waals surface area contributed by atoms with Gasteiger partial charge in [0, 0.05) is 56.8 Å². The number of fused-ring (bicyclic) bond motifs is 1. The third-order valence-corrected chi connectivity index (χ3v) is 7.02. The normalized spacial score (nSPS) is 14.3. The number of H-pyrrole nitrogens is 1. The summed E-state index contributed by atoms with van der Waals surface area (Å²) >= 11 is 12.0. The van der Waals surface area contributed by atoms with Crippen LogP contribution in [0.4, 0.5) is 5.69 Å². The lowest BCUT2D eigenvalue weighted by Crippen LogP contribution is -2.46. The fraction of sp³-hybridized carbons (Fsp3) is 0.280. The Morgan fingerprint density at radius 3 is 2.64 bits per heavy atom. The number of hydrogen-bond acceptors (Lipinski definition) is 6. The van der Waals surface area contributed by atoms with Gasteiger partial charge in [-0.25, -0.2) is 9.97 Å². The van der Waals surface area contributed by atoms with Crippen LogP contribution in [0.5, 0.6) is 0 Å². The molecule has 1 aliphatic heterocycles. The molecule has 0 saturated carbocycles. The van der Waals surface area contributed by atoms with E-state index in [9.17, 15) is 9.59 Å². The minimum absolute atomic E-state index is 0.125. The molecule has 3 heterocycles. The number of amides is 1.